The van der Waals surface area contributed by atoms with Crippen LogP contribution in [0.5, 0.6) is 5.75 Å². The molecule has 0 spiro atoms. The second kappa shape index (κ2) is 3.67. The molecule has 1 heterocycles. The number of ether oxygens (including phenoxy) is 1. The van der Waals surface area contributed by atoms with Crippen LogP contribution in [-0.2, 0) is 4.79 Å². The van der Waals surface area contributed by atoms with Crippen molar-refractivity contribution in [1.29, 1.82) is 0 Å². The number of amides is 1. The largest absolute Gasteiger partial charge is 0.478 e. The summed E-state index contributed by atoms with van der Waals surface area (Å²) in [7, 11) is 0. The van der Waals surface area contributed by atoms with Crippen LogP contribution in [0.25, 0.3) is 0 Å². The number of aliphatic hydroxyl groups is 1. The van der Waals surface area contributed by atoms with Crippen molar-refractivity contribution < 1.29 is 14.6 Å². The molecule has 0 unspecified atom stereocenters. The maximum Gasteiger partial charge on any atom is 0.265 e. The minimum atomic E-state index is -0.574. The number of hydrogen-bond donors (Lipinski definition) is 2. The van der Waals surface area contributed by atoms with Crippen LogP contribution >= 0.6 is 0 Å². The Morgan fingerprint density at radius 3 is 3.00 bits per heavy atom. The lowest BCUT2D eigenvalue weighted by molar-refractivity contribution is -0.124. The van der Waals surface area contributed by atoms with Crippen molar-refractivity contribution in [3.63, 3.8) is 0 Å². The number of carbonyl (C=O) groups is 1. The van der Waals surface area contributed by atoms with Crippen molar-refractivity contribution in [1.82, 2.24) is 0 Å². The summed E-state index contributed by atoms with van der Waals surface area (Å²) in [6.45, 7) is -0.0553. The highest BCUT2D eigenvalue weighted by Crippen LogP contribution is 2.29. The molecule has 4 heteroatoms. The predicted molar refractivity (Wildman–Crippen MR) is 51.2 cm³/mol. The first kappa shape index (κ1) is 9.02. The van der Waals surface area contributed by atoms with E-state index >= 15 is 0 Å². The second-order valence-corrected chi connectivity index (χ2v) is 3.10. The molecule has 0 saturated heterocycles. The number of fused-ring (bicyclic) bond motifs is 1. The highest BCUT2D eigenvalue weighted by atomic mass is 16.5. The Labute approximate surface area is 81.5 Å². The van der Waals surface area contributed by atoms with Gasteiger partial charge in [0, 0.05) is 13.0 Å². The first-order valence-corrected chi connectivity index (χ1v) is 4.48. The van der Waals surface area contributed by atoms with E-state index in [1.54, 1.807) is 12.1 Å². The van der Waals surface area contributed by atoms with Gasteiger partial charge in [0.2, 0.25) is 0 Å². The van der Waals surface area contributed by atoms with Gasteiger partial charge in [-0.3, -0.25) is 4.79 Å². The molecule has 1 atom stereocenters. The fraction of sp³-hybridized carbons (Fsp3) is 0.300. The maximum atomic E-state index is 11.4. The normalized spacial score (nSPS) is 19.5. The van der Waals surface area contributed by atoms with E-state index in [0.29, 0.717) is 17.9 Å². The minimum Gasteiger partial charge on any atom is -0.478 e. The molecule has 1 aromatic carbocycles. The van der Waals surface area contributed by atoms with Gasteiger partial charge in [-0.05, 0) is 12.1 Å². The molecule has 0 saturated carbocycles. The third kappa shape index (κ3) is 1.56. The molecule has 2 rings (SSSR count). The van der Waals surface area contributed by atoms with Crippen LogP contribution in [0.1, 0.15) is 6.42 Å². The van der Waals surface area contributed by atoms with E-state index in [-0.39, 0.29) is 12.5 Å². The smallest absolute Gasteiger partial charge is 0.265 e. The highest BCUT2D eigenvalue weighted by Gasteiger charge is 2.26. The SMILES string of the molecule is O=C1Nc2ccccc2O[C@H]1CCO. The van der Waals surface area contributed by atoms with Gasteiger partial charge in [0.05, 0.1) is 5.69 Å². The van der Waals surface area contributed by atoms with Gasteiger partial charge in [-0.15, -0.1) is 0 Å². The summed E-state index contributed by atoms with van der Waals surface area (Å²) in [6, 6.07) is 7.24. The van der Waals surface area contributed by atoms with Crippen LogP contribution in [0.2, 0.25) is 0 Å². The topological polar surface area (TPSA) is 58.6 Å². The van der Waals surface area contributed by atoms with Gasteiger partial charge in [0.1, 0.15) is 5.75 Å². The fourth-order valence-corrected chi connectivity index (χ4v) is 1.40. The average molecular weight is 193 g/mol. The second-order valence-electron chi connectivity index (χ2n) is 3.10. The van der Waals surface area contributed by atoms with Gasteiger partial charge in [0.25, 0.3) is 5.91 Å². The summed E-state index contributed by atoms with van der Waals surface area (Å²) in [4.78, 5) is 11.4. The Hall–Kier alpha value is -1.55. The third-order valence-corrected chi connectivity index (χ3v) is 2.10. The third-order valence-electron chi connectivity index (χ3n) is 2.10. The zero-order valence-corrected chi connectivity index (χ0v) is 7.56. The zero-order valence-electron chi connectivity index (χ0n) is 7.56. The van der Waals surface area contributed by atoms with Crippen LogP contribution in [0, 0.1) is 0 Å². The summed E-state index contributed by atoms with van der Waals surface area (Å²) in [5, 5.41) is 11.4. The summed E-state index contributed by atoms with van der Waals surface area (Å²) in [6.07, 6.45) is -0.255. The van der Waals surface area contributed by atoms with Crippen LogP contribution in [-0.4, -0.2) is 23.7 Å². The quantitative estimate of drug-likeness (QED) is 0.729. The van der Waals surface area contributed by atoms with E-state index in [1.165, 1.54) is 0 Å². The van der Waals surface area contributed by atoms with Gasteiger partial charge in [-0.25, -0.2) is 0 Å². The molecule has 0 radical (unpaired) electrons. The summed E-state index contributed by atoms with van der Waals surface area (Å²) in [5.74, 6) is 0.461. The molecule has 0 aliphatic carbocycles. The molecule has 2 N–H and O–H groups in total. The molecule has 0 aromatic heterocycles. The van der Waals surface area contributed by atoms with E-state index in [1.807, 2.05) is 12.1 Å². The average Bonchev–Trinajstić information content (AvgIpc) is 2.19. The lowest BCUT2D eigenvalue weighted by Crippen LogP contribution is -2.37. The number of rotatable bonds is 2. The maximum absolute atomic E-state index is 11.4. The standard InChI is InChI=1S/C10H11NO3/c12-6-5-9-10(13)11-7-3-1-2-4-8(7)14-9/h1-4,9,12H,5-6H2,(H,11,13)/t9-/m0/s1. The Balaban J connectivity index is 2.22. The molecule has 1 aliphatic heterocycles. The summed E-state index contributed by atoms with van der Waals surface area (Å²) in [5.41, 5.74) is 0.687. The molecule has 14 heavy (non-hydrogen) atoms. The lowest BCUT2D eigenvalue weighted by atomic mass is 10.2. The first-order valence-electron chi connectivity index (χ1n) is 4.48. The van der Waals surface area contributed by atoms with Crippen LogP contribution in [0.3, 0.4) is 0 Å². The molecule has 1 amide bonds. The van der Waals surface area contributed by atoms with E-state index in [9.17, 15) is 4.79 Å². The molecule has 0 fully saturated rings. The number of anilines is 1. The van der Waals surface area contributed by atoms with Crippen molar-refractivity contribution in [3.05, 3.63) is 24.3 Å². The van der Waals surface area contributed by atoms with Crippen LogP contribution in [0.15, 0.2) is 24.3 Å². The Morgan fingerprint density at radius 1 is 1.43 bits per heavy atom. The van der Waals surface area contributed by atoms with Crippen molar-refractivity contribution in [2.75, 3.05) is 11.9 Å². The number of carbonyl (C=O) groups excluding carboxylic acids is 1. The van der Waals surface area contributed by atoms with E-state index in [4.69, 9.17) is 9.84 Å². The van der Waals surface area contributed by atoms with Crippen molar-refractivity contribution in [3.8, 4) is 5.75 Å². The molecular weight excluding hydrogens is 182 g/mol. The van der Waals surface area contributed by atoms with Crippen molar-refractivity contribution >= 4 is 11.6 Å². The summed E-state index contributed by atoms with van der Waals surface area (Å²) < 4.78 is 5.41. The fourth-order valence-electron chi connectivity index (χ4n) is 1.40. The zero-order chi connectivity index (χ0) is 9.97. The number of hydrogen-bond acceptors (Lipinski definition) is 3. The summed E-state index contributed by atoms with van der Waals surface area (Å²) >= 11 is 0. The molecule has 1 aromatic rings. The van der Waals surface area contributed by atoms with Gasteiger partial charge in [-0.1, -0.05) is 12.1 Å². The van der Waals surface area contributed by atoms with Crippen LogP contribution in [0.4, 0.5) is 5.69 Å². The minimum absolute atomic E-state index is 0.0553. The Bertz CT molecular complexity index is 351. The highest BCUT2D eigenvalue weighted by molar-refractivity contribution is 5.97. The predicted octanol–water partition coefficient (Wildman–Crippen LogP) is 0.768. The molecule has 0 bridgehead atoms. The lowest BCUT2D eigenvalue weighted by Gasteiger charge is -2.25. The number of para-hydroxylation sites is 2. The molecule has 1 aliphatic rings. The van der Waals surface area contributed by atoms with E-state index in [2.05, 4.69) is 5.32 Å². The van der Waals surface area contributed by atoms with Crippen molar-refractivity contribution in [2.24, 2.45) is 0 Å². The van der Waals surface area contributed by atoms with E-state index in [0.717, 1.165) is 0 Å². The monoisotopic (exact) mass is 193 g/mol. The molecular formula is C10H11NO3. The molecule has 74 valence electrons. The van der Waals surface area contributed by atoms with Crippen LogP contribution < -0.4 is 10.1 Å². The number of nitrogens with one attached hydrogen (secondary N) is 1. The molecule has 4 nitrogen and oxygen atoms in total. The first-order chi connectivity index (χ1) is 6.81. The van der Waals surface area contributed by atoms with Gasteiger partial charge in [0.15, 0.2) is 6.10 Å². The number of aliphatic hydroxyl groups excluding tert-OH is 1. The van der Waals surface area contributed by atoms with Gasteiger partial charge >= 0.3 is 0 Å². The number of benzene rings is 1. The van der Waals surface area contributed by atoms with Gasteiger partial charge < -0.3 is 15.2 Å². The Kier molecular flexibility index (Phi) is 2.37. The van der Waals surface area contributed by atoms with Crippen molar-refractivity contribution in [2.45, 2.75) is 12.5 Å². The van der Waals surface area contributed by atoms with Gasteiger partial charge in [-0.2, -0.15) is 0 Å². The van der Waals surface area contributed by atoms with E-state index < -0.39 is 6.10 Å². The Morgan fingerprint density at radius 2 is 2.21 bits per heavy atom.